The van der Waals surface area contributed by atoms with Crippen molar-refractivity contribution in [1.82, 2.24) is 9.80 Å². The van der Waals surface area contributed by atoms with E-state index >= 15 is 0 Å². The Morgan fingerprint density at radius 1 is 0.926 bits per heavy atom. The van der Waals surface area contributed by atoms with Crippen LogP contribution in [0, 0.1) is 0 Å². The average molecular weight is 368 g/mol. The van der Waals surface area contributed by atoms with Crippen molar-refractivity contribution < 1.29 is 14.3 Å². The second kappa shape index (κ2) is 7.85. The molecule has 4 rings (SSSR count). The third kappa shape index (κ3) is 4.50. The predicted octanol–water partition coefficient (Wildman–Crippen LogP) is 2.81. The van der Waals surface area contributed by atoms with Crippen LogP contribution in [0.1, 0.15) is 5.56 Å². The quantitative estimate of drug-likeness (QED) is 0.869. The molecule has 0 unspecified atom stereocenters. The number of amides is 2. The van der Waals surface area contributed by atoms with Crippen molar-refractivity contribution in [3.63, 3.8) is 0 Å². The highest BCUT2D eigenvalue weighted by Gasteiger charge is 2.15. The van der Waals surface area contributed by atoms with Gasteiger partial charge in [-0.05, 0) is 36.9 Å². The van der Waals surface area contributed by atoms with Crippen LogP contribution < -0.4 is 20.1 Å². The lowest BCUT2D eigenvalue weighted by Gasteiger charge is -2.32. The summed E-state index contributed by atoms with van der Waals surface area (Å²) in [6.07, 6.45) is 0. The lowest BCUT2D eigenvalue weighted by Crippen LogP contribution is -2.43. The number of hydrogen-bond donors (Lipinski definition) is 2. The Labute approximate surface area is 158 Å². The number of ether oxygens (including phenoxy) is 2. The van der Waals surface area contributed by atoms with Crippen molar-refractivity contribution in [3.05, 3.63) is 48.0 Å². The molecule has 0 aromatic heterocycles. The molecule has 2 N–H and O–H groups in total. The van der Waals surface area contributed by atoms with Crippen LogP contribution in [-0.2, 0) is 6.54 Å². The summed E-state index contributed by atoms with van der Waals surface area (Å²) in [6.45, 7) is 5.56. The maximum atomic E-state index is 12.2. The molecule has 1 fully saturated rings. The van der Waals surface area contributed by atoms with Gasteiger partial charge in [0.2, 0.25) is 6.79 Å². The molecule has 0 saturated carbocycles. The van der Waals surface area contributed by atoms with Gasteiger partial charge >= 0.3 is 6.03 Å². The minimum Gasteiger partial charge on any atom is -0.454 e. The van der Waals surface area contributed by atoms with Gasteiger partial charge in [-0.25, -0.2) is 4.79 Å². The molecule has 0 spiro atoms. The lowest BCUT2D eigenvalue weighted by molar-refractivity contribution is 0.148. The first-order valence-corrected chi connectivity index (χ1v) is 9.13. The zero-order chi connectivity index (χ0) is 18.6. The molecule has 1 saturated heterocycles. The highest BCUT2D eigenvalue weighted by molar-refractivity contribution is 5.99. The van der Waals surface area contributed by atoms with Crippen molar-refractivity contribution in [3.8, 4) is 11.5 Å². The van der Waals surface area contributed by atoms with Gasteiger partial charge in [-0.15, -0.1) is 0 Å². The van der Waals surface area contributed by atoms with E-state index in [1.807, 2.05) is 12.1 Å². The first-order valence-electron chi connectivity index (χ1n) is 9.13. The second-order valence-corrected chi connectivity index (χ2v) is 6.92. The Bertz CT molecular complexity index is 801. The topological polar surface area (TPSA) is 66.1 Å². The summed E-state index contributed by atoms with van der Waals surface area (Å²) in [5.74, 6) is 1.33. The number of piperazine rings is 1. The van der Waals surface area contributed by atoms with E-state index in [4.69, 9.17) is 9.47 Å². The fourth-order valence-corrected chi connectivity index (χ4v) is 3.23. The van der Waals surface area contributed by atoms with Crippen LogP contribution in [0.5, 0.6) is 11.5 Å². The summed E-state index contributed by atoms with van der Waals surface area (Å²) >= 11 is 0. The summed E-state index contributed by atoms with van der Waals surface area (Å²) in [7, 11) is 2.16. The van der Waals surface area contributed by atoms with Crippen molar-refractivity contribution in [1.29, 1.82) is 0 Å². The van der Waals surface area contributed by atoms with Crippen LogP contribution in [0.25, 0.3) is 0 Å². The zero-order valence-corrected chi connectivity index (χ0v) is 15.4. The summed E-state index contributed by atoms with van der Waals surface area (Å²) in [5, 5.41) is 5.66. The normalized spacial score (nSPS) is 16.9. The largest absolute Gasteiger partial charge is 0.454 e. The van der Waals surface area contributed by atoms with E-state index in [-0.39, 0.29) is 12.8 Å². The molecule has 2 heterocycles. The van der Waals surface area contributed by atoms with Gasteiger partial charge in [0.05, 0.1) is 0 Å². The molecule has 0 aliphatic carbocycles. The highest BCUT2D eigenvalue weighted by atomic mass is 16.7. The summed E-state index contributed by atoms with van der Waals surface area (Å²) in [5.41, 5.74) is 2.67. The van der Waals surface area contributed by atoms with Crippen molar-refractivity contribution in [2.45, 2.75) is 6.54 Å². The van der Waals surface area contributed by atoms with Crippen molar-refractivity contribution in [2.24, 2.45) is 0 Å². The maximum Gasteiger partial charge on any atom is 0.323 e. The number of carbonyl (C=O) groups excluding carboxylic acids is 1. The third-order valence-corrected chi connectivity index (χ3v) is 4.84. The molecular weight excluding hydrogens is 344 g/mol. The van der Waals surface area contributed by atoms with E-state index in [9.17, 15) is 4.79 Å². The first-order chi connectivity index (χ1) is 13.2. The Morgan fingerprint density at radius 2 is 1.59 bits per heavy atom. The smallest absolute Gasteiger partial charge is 0.323 e. The molecule has 2 amide bonds. The molecule has 0 bridgehead atoms. The van der Waals surface area contributed by atoms with Crippen molar-refractivity contribution in [2.75, 3.05) is 50.7 Å². The first kappa shape index (κ1) is 17.6. The average Bonchev–Trinajstić information content (AvgIpc) is 3.13. The molecular formula is C20H24N4O3. The third-order valence-electron chi connectivity index (χ3n) is 4.84. The van der Waals surface area contributed by atoms with E-state index in [0.29, 0.717) is 17.2 Å². The minimum atomic E-state index is -0.291. The molecule has 2 aliphatic heterocycles. The van der Waals surface area contributed by atoms with E-state index in [1.165, 1.54) is 5.56 Å². The number of nitrogens with one attached hydrogen (secondary N) is 2. The number of urea groups is 1. The highest BCUT2D eigenvalue weighted by Crippen LogP contribution is 2.34. The maximum absolute atomic E-state index is 12.2. The molecule has 2 aliphatic rings. The Hall–Kier alpha value is -2.77. The molecule has 0 atom stereocenters. The van der Waals surface area contributed by atoms with Gasteiger partial charge in [-0.1, -0.05) is 12.1 Å². The Balaban J connectivity index is 1.29. The Morgan fingerprint density at radius 3 is 2.37 bits per heavy atom. The zero-order valence-electron chi connectivity index (χ0n) is 15.4. The van der Waals surface area contributed by atoms with Crippen LogP contribution in [0.2, 0.25) is 0 Å². The molecule has 2 aromatic carbocycles. The number of likely N-dealkylation sites (N-methyl/N-ethyl adjacent to an activating group) is 1. The predicted molar refractivity (Wildman–Crippen MR) is 104 cm³/mol. The van der Waals surface area contributed by atoms with Gasteiger partial charge in [0.15, 0.2) is 11.5 Å². The summed E-state index contributed by atoms with van der Waals surface area (Å²) in [6, 6.07) is 13.0. The number of benzene rings is 2. The Kier molecular flexibility index (Phi) is 5.13. The van der Waals surface area contributed by atoms with E-state index in [1.54, 1.807) is 18.2 Å². The van der Waals surface area contributed by atoms with Crippen LogP contribution >= 0.6 is 0 Å². The van der Waals surface area contributed by atoms with Gasteiger partial charge < -0.3 is 25.0 Å². The van der Waals surface area contributed by atoms with E-state index in [2.05, 4.69) is 39.6 Å². The molecule has 0 radical (unpaired) electrons. The number of rotatable bonds is 4. The number of nitrogens with zero attached hydrogens (tertiary/aromatic N) is 2. The van der Waals surface area contributed by atoms with Gasteiger partial charge in [0, 0.05) is 50.2 Å². The molecule has 27 heavy (non-hydrogen) atoms. The molecule has 7 nitrogen and oxygen atoms in total. The molecule has 2 aromatic rings. The molecule has 7 heteroatoms. The number of hydrogen-bond acceptors (Lipinski definition) is 5. The number of carbonyl (C=O) groups is 1. The van der Waals surface area contributed by atoms with Gasteiger partial charge in [-0.2, -0.15) is 0 Å². The number of fused-ring (bicyclic) bond motifs is 1. The van der Waals surface area contributed by atoms with E-state index in [0.717, 1.165) is 38.4 Å². The fraction of sp³-hybridized carbons (Fsp3) is 0.350. The van der Waals surface area contributed by atoms with Gasteiger partial charge in [-0.3, -0.25) is 4.90 Å². The number of anilines is 2. The summed E-state index contributed by atoms with van der Waals surface area (Å²) in [4.78, 5) is 17.0. The SMILES string of the molecule is CN1CCN(Cc2ccc(NC(=O)Nc3ccc4c(c3)OCO4)cc2)CC1. The standard InChI is InChI=1S/C20H24N4O3/c1-23-8-10-24(11-9-23)13-15-2-4-16(5-3-15)21-20(25)22-17-6-7-18-19(12-17)27-14-26-18/h2-7,12H,8-11,13-14H2,1H3,(H2,21,22,25). The second-order valence-electron chi connectivity index (χ2n) is 6.92. The van der Waals surface area contributed by atoms with Crippen molar-refractivity contribution >= 4 is 17.4 Å². The van der Waals surface area contributed by atoms with E-state index < -0.39 is 0 Å². The minimum absolute atomic E-state index is 0.214. The summed E-state index contributed by atoms with van der Waals surface area (Å²) < 4.78 is 10.6. The van der Waals surface area contributed by atoms with Crippen LogP contribution in [0.4, 0.5) is 16.2 Å². The monoisotopic (exact) mass is 368 g/mol. The van der Waals surface area contributed by atoms with Crippen LogP contribution in [0.3, 0.4) is 0 Å². The van der Waals surface area contributed by atoms with Gasteiger partial charge in [0.1, 0.15) is 0 Å². The van der Waals surface area contributed by atoms with Crippen LogP contribution in [0.15, 0.2) is 42.5 Å². The lowest BCUT2D eigenvalue weighted by atomic mass is 10.2. The molecule has 142 valence electrons. The fourth-order valence-electron chi connectivity index (χ4n) is 3.23. The van der Waals surface area contributed by atoms with Crippen LogP contribution in [-0.4, -0.2) is 55.9 Å². The van der Waals surface area contributed by atoms with Gasteiger partial charge in [0.25, 0.3) is 0 Å².